The molecule has 1 amide bonds. The van der Waals surface area contributed by atoms with Crippen LogP contribution in [0.3, 0.4) is 0 Å². The fourth-order valence-corrected chi connectivity index (χ4v) is 1.08. The molecule has 2 rings (SSSR count). The van der Waals surface area contributed by atoms with Gasteiger partial charge in [0.15, 0.2) is 0 Å². The summed E-state index contributed by atoms with van der Waals surface area (Å²) in [4.78, 5) is 11.2. The largest absolute Gasteiger partial charge is 0.366 e. The average Bonchev–Trinajstić information content (AvgIpc) is 2.32. The summed E-state index contributed by atoms with van der Waals surface area (Å²) in [6.45, 7) is 1.74. The van der Waals surface area contributed by atoms with E-state index in [2.05, 4.69) is 20.6 Å². The van der Waals surface area contributed by atoms with Gasteiger partial charge in [0.1, 0.15) is 0 Å². The van der Waals surface area contributed by atoms with Gasteiger partial charge >= 0.3 is 0 Å². The van der Waals surface area contributed by atoms with Gasteiger partial charge in [0.2, 0.25) is 11.9 Å². The Morgan fingerprint density at radius 3 is 3.08 bits per heavy atom. The first-order valence-corrected chi connectivity index (χ1v) is 3.72. The second-order valence-corrected chi connectivity index (χ2v) is 2.75. The van der Waals surface area contributed by atoms with E-state index in [9.17, 15) is 4.79 Å². The molecule has 1 aromatic heterocycles. The van der Waals surface area contributed by atoms with Crippen molar-refractivity contribution in [3.63, 3.8) is 0 Å². The van der Waals surface area contributed by atoms with E-state index in [0.717, 1.165) is 0 Å². The molecule has 0 bridgehead atoms. The van der Waals surface area contributed by atoms with Crippen molar-refractivity contribution in [2.45, 2.75) is 13.3 Å². The zero-order valence-electron chi connectivity index (χ0n) is 6.98. The lowest BCUT2D eigenvalue weighted by molar-refractivity contribution is -0.115. The van der Waals surface area contributed by atoms with Crippen LogP contribution in [0.15, 0.2) is 5.10 Å². The van der Waals surface area contributed by atoms with E-state index < -0.39 is 0 Å². The van der Waals surface area contributed by atoms with Crippen LogP contribution in [0.25, 0.3) is 0 Å². The molecule has 0 saturated heterocycles. The topological polar surface area (TPSA) is 98.2 Å². The molecule has 68 valence electrons. The summed E-state index contributed by atoms with van der Waals surface area (Å²) in [5.41, 5.74) is 6.14. The lowest BCUT2D eigenvalue weighted by Gasteiger charge is -1.96. The number of aromatic nitrogens is 3. The maximum atomic E-state index is 11.2. The highest BCUT2D eigenvalue weighted by atomic mass is 16.1. The molecule has 0 aliphatic carbocycles. The minimum Gasteiger partial charge on any atom is -0.366 e. The summed E-state index contributed by atoms with van der Waals surface area (Å²) in [6, 6.07) is 0. The highest BCUT2D eigenvalue weighted by Gasteiger charge is 2.16. The maximum absolute atomic E-state index is 11.2. The zero-order chi connectivity index (χ0) is 9.42. The van der Waals surface area contributed by atoms with Gasteiger partial charge in [-0.1, -0.05) is 0 Å². The Morgan fingerprint density at radius 1 is 1.54 bits per heavy atom. The van der Waals surface area contributed by atoms with Crippen molar-refractivity contribution in [3.8, 4) is 0 Å². The summed E-state index contributed by atoms with van der Waals surface area (Å²) >= 11 is 0. The van der Waals surface area contributed by atoms with Crippen LogP contribution in [0.2, 0.25) is 0 Å². The Morgan fingerprint density at radius 2 is 2.31 bits per heavy atom. The number of fused-ring (bicyclic) bond motifs is 1. The first kappa shape index (κ1) is 7.71. The number of rotatable bonds is 0. The quantitative estimate of drug-likeness (QED) is 0.558. The molecular weight excluding hydrogens is 172 g/mol. The molecule has 7 nitrogen and oxygen atoms in total. The van der Waals surface area contributed by atoms with E-state index in [-0.39, 0.29) is 24.2 Å². The third-order valence-electron chi connectivity index (χ3n) is 1.60. The number of nitrogen functional groups attached to an aromatic ring is 1. The van der Waals surface area contributed by atoms with Crippen LogP contribution in [0, 0.1) is 0 Å². The van der Waals surface area contributed by atoms with Gasteiger partial charge in [-0.3, -0.25) is 10.1 Å². The number of anilines is 2. The van der Waals surface area contributed by atoms with E-state index in [1.807, 2.05) is 0 Å². The highest BCUT2D eigenvalue weighted by Crippen LogP contribution is 2.12. The average molecular weight is 180 g/mol. The van der Waals surface area contributed by atoms with E-state index in [0.29, 0.717) is 5.71 Å². The number of amides is 1. The van der Waals surface area contributed by atoms with Gasteiger partial charge in [-0.2, -0.15) is 9.78 Å². The Balaban J connectivity index is 2.54. The van der Waals surface area contributed by atoms with Gasteiger partial charge in [0, 0.05) is 5.71 Å². The highest BCUT2D eigenvalue weighted by molar-refractivity contribution is 6.06. The van der Waals surface area contributed by atoms with Gasteiger partial charge < -0.3 is 5.73 Å². The Hall–Kier alpha value is -1.92. The van der Waals surface area contributed by atoms with Crippen molar-refractivity contribution < 1.29 is 4.79 Å². The van der Waals surface area contributed by atoms with Crippen molar-refractivity contribution in [2.24, 2.45) is 5.10 Å². The summed E-state index contributed by atoms with van der Waals surface area (Å²) in [6.07, 6.45) is 0.253. The van der Waals surface area contributed by atoms with Crippen LogP contribution < -0.4 is 11.1 Å². The SMILES string of the molecule is CC1=Nn2c(N)nnc2NC(=O)C1. The van der Waals surface area contributed by atoms with Crippen molar-refractivity contribution in [1.29, 1.82) is 0 Å². The summed E-state index contributed by atoms with van der Waals surface area (Å²) in [7, 11) is 0. The first-order valence-electron chi connectivity index (χ1n) is 3.72. The molecular formula is C6H8N6O. The molecule has 13 heavy (non-hydrogen) atoms. The van der Waals surface area contributed by atoms with Crippen molar-refractivity contribution in [2.75, 3.05) is 11.1 Å². The van der Waals surface area contributed by atoms with E-state index in [1.54, 1.807) is 6.92 Å². The third-order valence-corrected chi connectivity index (χ3v) is 1.60. The molecule has 0 aromatic carbocycles. The Labute approximate surface area is 73.6 Å². The van der Waals surface area contributed by atoms with E-state index >= 15 is 0 Å². The van der Waals surface area contributed by atoms with E-state index in [1.165, 1.54) is 4.68 Å². The normalized spacial score (nSPS) is 15.8. The predicted octanol–water partition coefficient (Wildman–Crippen LogP) is -0.574. The molecule has 1 aliphatic rings. The van der Waals surface area contributed by atoms with Gasteiger partial charge in [0.05, 0.1) is 6.42 Å². The molecule has 1 aliphatic heterocycles. The molecule has 0 atom stereocenters. The van der Waals surface area contributed by atoms with Crippen LogP contribution in [-0.4, -0.2) is 26.5 Å². The molecule has 0 unspecified atom stereocenters. The fraction of sp³-hybridized carbons (Fsp3) is 0.333. The number of hydrogen-bond donors (Lipinski definition) is 2. The monoisotopic (exact) mass is 180 g/mol. The van der Waals surface area contributed by atoms with Crippen LogP contribution in [0.1, 0.15) is 13.3 Å². The van der Waals surface area contributed by atoms with E-state index in [4.69, 9.17) is 5.73 Å². The van der Waals surface area contributed by atoms with Crippen LogP contribution in [0.5, 0.6) is 0 Å². The third kappa shape index (κ3) is 1.24. The standard InChI is InChI=1S/C6H8N6O/c1-3-2-4(13)8-6-10-9-5(7)12(6)11-3/h2H2,1H3,(H2,7,9)(H,8,10,13). The van der Waals surface area contributed by atoms with Crippen LogP contribution in [-0.2, 0) is 4.79 Å². The molecule has 0 fully saturated rings. The lowest BCUT2D eigenvalue weighted by atomic mass is 10.3. The zero-order valence-corrected chi connectivity index (χ0v) is 6.98. The molecule has 0 spiro atoms. The first-order chi connectivity index (χ1) is 6.16. The van der Waals surface area contributed by atoms with Gasteiger partial charge in [-0.05, 0) is 6.92 Å². The fourth-order valence-electron chi connectivity index (χ4n) is 1.08. The minimum atomic E-state index is -0.160. The van der Waals surface area contributed by atoms with Gasteiger partial charge in [0.25, 0.3) is 5.95 Å². The number of carbonyl (C=O) groups excluding carboxylic acids is 1. The number of carbonyl (C=O) groups is 1. The van der Waals surface area contributed by atoms with Crippen LogP contribution >= 0.6 is 0 Å². The second-order valence-electron chi connectivity index (χ2n) is 2.75. The molecule has 0 saturated carbocycles. The molecule has 0 radical (unpaired) electrons. The molecule has 3 N–H and O–H groups in total. The lowest BCUT2D eigenvalue weighted by Crippen LogP contribution is -2.13. The van der Waals surface area contributed by atoms with Crippen molar-refractivity contribution in [1.82, 2.24) is 14.9 Å². The summed E-state index contributed by atoms with van der Waals surface area (Å²) in [5.74, 6) is 0.267. The van der Waals surface area contributed by atoms with Gasteiger partial charge in [-0.25, -0.2) is 0 Å². The number of nitrogens with one attached hydrogen (secondary N) is 1. The number of hydrogen-bond acceptors (Lipinski definition) is 5. The number of nitrogens with two attached hydrogens (primary N) is 1. The Kier molecular flexibility index (Phi) is 1.51. The van der Waals surface area contributed by atoms with Crippen molar-refractivity contribution in [3.05, 3.63) is 0 Å². The molecule has 2 heterocycles. The summed E-state index contributed by atoms with van der Waals surface area (Å²) in [5, 5.41) is 13.8. The van der Waals surface area contributed by atoms with Crippen molar-refractivity contribution >= 4 is 23.5 Å². The summed E-state index contributed by atoms with van der Waals surface area (Å²) < 4.78 is 1.31. The maximum Gasteiger partial charge on any atom is 0.253 e. The van der Waals surface area contributed by atoms with Crippen LogP contribution in [0.4, 0.5) is 11.9 Å². The minimum absolute atomic E-state index is 0.160. The second kappa shape index (κ2) is 2.54. The molecule has 7 heteroatoms. The molecule has 1 aromatic rings. The smallest absolute Gasteiger partial charge is 0.253 e. The number of nitrogens with zero attached hydrogens (tertiary/aromatic N) is 4. The predicted molar refractivity (Wildman–Crippen MR) is 46.2 cm³/mol. The van der Waals surface area contributed by atoms with Gasteiger partial charge in [-0.15, -0.1) is 10.2 Å². The Bertz CT molecular complexity index is 392.